The van der Waals surface area contributed by atoms with Crippen LogP contribution in [0.15, 0.2) is 47.6 Å². The molecule has 0 fully saturated rings. The Morgan fingerprint density at radius 2 is 1.73 bits per heavy atom. The summed E-state index contributed by atoms with van der Waals surface area (Å²) < 4.78 is 29.9. The fraction of sp³-hybridized carbons (Fsp3) is 0.333. The Morgan fingerprint density at radius 1 is 0.951 bits per heavy atom. The van der Waals surface area contributed by atoms with E-state index in [2.05, 4.69) is 15.8 Å². The number of ether oxygens (including phenoxy) is 3. The van der Waals surface area contributed by atoms with E-state index in [-0.39, 0.29) is 19.0 Å². The average molecular weight is 582 g/mol. The van der Waals surface area contributed by atoms with Crippen LogP contribution in [0.3, 0.4) is 0 Å². The highest BCUT2D eigenvalue weighted by Gasteiger charge is 2.27. The lowest BCUT2D eigenvalue weighted by Gasteiger charge is -2.12. The Morgan fingerprint density at radius 3 is 2.49 bits per heavy atom. The molecule has 2 amide bonds. The lowest BCUT2D eigenvalue weighted by molar-refractivity contribution is -0.136. The van der Waals surface area contributed by atoms with Crippen LogP contribution in [0.5, 0.6) is 11.5 Å². The van der Waals surface area contributed by atoms with E-state index >= 15 is 0 Å². The van der Waals surface area contributed by atoms with Gasteiger partial charge in [-0.1, -0.05) is 18.6 Å². The first kappa shape index (κ1) is 29.7. The molecule has 2 aromatic carbocycles. The number of aryl methyl sites for hydroxylation is 1. The van der Waals surface area contributed by atoms with Gasteiger partial charge in [-0.05, 0) is 86.6 Å². The van der Waals surface area contributed by atoms with Gasteiger partial charge in [0.05, 0.1) is 25.0 Å². The van der Waals surface area contributed by atoms with Crippen LogP contribution in [0.25, 0.3) is 0 Å². The van der Waals surface area contributed by atoms with E-state index in [1.54, 1.807) is 37.3 Å². The first-order chi connectivity index (χ1) is 19.9. The molecular weight excluding hydrogens is 549 g/mol. The van der Waals surface area contributed by atoms with E-state index < -0.39 is 17.8 Å². The van der Waals surface area contributed by atoms with Gasteiger partial charge in [0.25, 0.3) is 0 Å². The van der Waals surface area contributed by atoms with Gasteiger partial charge < -0.3 is 19.5 Å². The summed E-state index contributed by atoms with van der Waals surface area (Å²) in [5.74, 6) is -1.79. The average Bonchev–Trinajstić information content (AvgIpc) is 3.13. The Hall–Kier alpha value is -4.25. The zero-order valence-electron chi connectivity index (χ0n) is 23.0. The monoisotopic (exact) mass is 581 g/mol. The molecule has 9 nitrogen and oxygen atoms in total. The molecule has 0 saturated carbocycles. The number of hydrogen-bond donors (Lipinski definition) is 2. The van der Waals surface area contributed by atoms with Gasteiger partial charge in [0.2, 0.25) is 0 Å². The molecule has 0 unspecified atom stereocenters. The standard InChI is InChI=1S/C30H32FN3O6S/c1-3-38-24-16-20(12-15-23(24)40-18-19-10-13-21(31)14-11-19)17-32-34-28(36)27(35)33-29-26(30(37)39-4-2)22-8-6-5-7-9-25(22)41-29/h10-17H,3-9,18H2,1-2H3,(H,33,35)(H,34,36). The van der Waals surface area contributed by atoms with Crippen molar-refractivity contribution in [3.05, 3.63) is 75.4 Å². The van der Waals surface area contributed by atoms with Gasteiger partial charge in [0, 0.05) is 4.88 Å². The summed E-state index contributed by atoms with van der Waals surface area (Å²) in [5.41, 5.74) is 4.84. The second-order valence-electron chi connectivity index (χ2n) is 9.20. The Kier molecular flexibility index (Phi) is 10.4. The molecule has 11 heteroatoms. The number of carbonyl (C=O) groups is 3. The topological polar surface area (TPSA) is 115 Å². The molecule has 1 aliphatic rings. The predicted octanol–water partition coefficient (Wildman–Crippen LogP) is 5.40. The minimum atomic E-state index is -0.982. The maximum absolute atomic E-state index is 13.1. The minimum Gasteiger partial charge on any atom is -0.490 e. The molecule has 216 valence electrons. The molecule has 1 aromatic heterocycles. The highest BCUT2D eigenvalue weighted by atomic mass is 32.1. The summed E-state index contributed by atoms with van der Waals surface area (Å²) in [4.78, 5) is 38.9. The van der Waals surface area contributed by atoms with E-state index in [1.807, 2.05) is 6.92 Å². The van der Waals surface area contributed by atoms with Crippen molar-refractivity contribution in [2.75, 3.05) is 18.5 Å². The number of benzene rings is 2. The lowest BCUT2D eigenvalue weighted by atomic mass is 10.1. The van der Waals surface area contributed by atoms with Crippen LogP contribution in [0.4, 0.5) is 9.39 Å². The molecular formula is C30H32FN3O6S. The summed E-state index contributed by atoms with van der Waals surface area (Å²) in [6, 6.07) is 11.1. The van der Waals surface area contributed by atoms with E-state index in [9.17, 15) is 18.8 Å². The van der Waals surface area contributed by atoms with Gasteiger partial charge in [0.15, 0.2) is 11.5 Å². The van der Waals surface area contributed by atoms with Crippen LogP contribution < -0.4 is 20.2 Å². The first-order valence-electron chi connectivity index (χ1n) is 13.5. The first-order valence-corrected chi connectivity index (χ1v) is 14.3. The largest absolute Gasteiger partial charge is 0.490 e. The smallest absolute Gasteiger partial charge is 0.341 e. The van der Waals surface area contributed by atoms with Crippen molar-refractivity contribution in [2.24, 2.45) is 5.10 Å². The van der Waals surface area contributed by atoms with Gasteiger partial charge in [-0.3, -0.25) is 9.59 Å². The van der Waals surface area contributed by atoms with Crippen molar-refractivity contribution in [2.45, 2.75) is 52.6 Å². The minimum absolute atomic E-state index is 0.207. The second kappa shape index (κ2) is 14.4. The van der Waals surface area contributed by atoms with E-state index in [1.165, 1.54) is 29.7 Å². The summed E-state index contributed by atoms with van der Waals surface area (Å²) in [6.45, 7) is 4.38. The Labute approximate surface area is 241 Å². The maximum Gasteiger partial charge on any atom is 0.341 e. The van der Waals surface area contributed by atoms with Crippen LogP contribution in [0, 0.1) is 5.82 Å². The quantitative estimate of drug-likeness (QED) is 0.109. The van der Waals surface area contributed by atoms with Crippen LogP contribution in [-0.4, -0.2) is 37.2 Å². The molecule has 0 atom stereocenters. The molecule has 0 bridgehead atoms. The molecule has 0 spiro atoms. The van der Waals surface area contributed by atoms with Crippen LogP contribution >= 0.6 is 11.3 Å². The Bertz CT molecular complexity index is 1420. The van der Waals surface area contributed by atoms with Crippen molar-refractivity contribution in [1.29, 1.82) is 0 Å². The number of fused-ring (bicyclic) bond motifs is 1. The highest BCUT2D eigenvalue weighted by Crippen LogP contribution is 2.38. The number of hydrazone groups is 1. The third kappa shape index (κ3) is 7.91. The van der Waals surface area contributed by atoms with Crippen LogP contribution in [-0.2, 0) is 33.8 Å². The second-order valence-corrected chi connectivity index (χ2v) is 10.3. The molecule has 0 saturated heterocycles. The lowest BCUT2D eigenvalue weighted by Crippen LogP contribution is -2.32. The van der Waals surface area contributed by atoms with E-state index in [0.29, 0.717) is 34.2 Å². The maximum atomic E-state index is 13.1. The number of carbonyl (C=O) groups excluding carboxylic acids is 3. The van der Waals surface area contributed by atoms with Gasteiger partial charge in [-0.15, -0.1) is 11.3 Å². The molecule has 0 radical (unpaired) electrons. The third-order valence-electron chi connectivity index (χ3n) is 6.29. The van der Waals surface area contributed by atoms with E-state index in [0.717, 1.165) is 48.1 Å². The van der Waals surface area contributed by atoms with Crippen molar-refractivity contribution in [3.8, 4) is 11.5 Å². The van der Waals surface area contributed by atoms with Crippen molar-refractivity contribution in [1.82, 2.24) is 5.43 Å². The molecule has 4 rings (SSSR count). The number of amides is 2. The summed E-state index contributed by atoms with van der Waals surface area (Å²) in [6.07, 6.45) is 5.94. The summed E-state index contributed by atoms with van der Waals surface area (Å²) in [7, 11) is 0. The zero-order chi connectivity index (χ0) is 29.2. The van der Waals surface area contributed by atoms with Gasteiger partial charge in [-0.2, -0.15) is 5.10 Å². The van der Waals surface area contributed by atoms with Crippen LogP contribution in [0.2, 0.25) is 0 Å². The number of thiophene rings is 1. The molecule has 1 heterocycles. The van der Waals surface area contributed by atoms with Crippen molar-refractivity contribution in [3.63, 3.8) is 0 Å². The van der Waals surface area contributed by atoms with Crippen molar-refractivity contribution >= 4 is 40.3 Å². The van der Waals surface area contributed by atoms with Gasteiger partial charge in [-0.25, -0.2) is 14.6 Å². The number of rotatable bonds is 10. The fourth-order valence-electron chi connectivity index (χ4n) is 4.36. The molecule has 41 heavy (non-hydrogen) atoms. The van der Waals surface area contributed by atoms with Crippen LogP contribution in [0.1, 0.15) is 65.0 Å². The molecule has 3 aromatic rings. The normalized spacial score (nSPS) is 12.8. The number of esters is 1. The molecule has 0 aliphatic heterocycles. The predicted molar refractivity (Wildman–Crippen MR) is 154 cm³/mol. The summed E-state index contributed by atoms with van der Waals surface area (Å²) in [5, 5.41) is 6.79. The number of nitrogens with zero attached hydrogens (tertiary/aromatic N) is 1. The molecule has 1 aliphatic carbocycles. The SMILES string of the molecule is CCOC(=O)c1c(NC(=O)C(=O)NN=Cc2ccc(OCc3ccc(F)cc3)c(OCC)c2)sc2c1CCCCC2. The number of nitrogens with one attached hydrogen (secondary N) is 2. The van der Waals surface area contributed by atoms with Crippen molar-refractivity contribution < 1.29 is 33.0 Å². The van der Waals surface area contributed by atoms with Gasteiger partial charge >= 0.3 is 17.8 Å². The summed E-state index contributed by atoms with van der Waals surface area (Å²) >= 11 is 1.31. The number of halogens is 1. The Balaban J connectivity index is 1.39. The highest BCUT2D eigenvalue weighted by molar-refractivity contribution is 7.17. The molecule has 2 N–H and O–H groups in total. The zero-order valence-corrected chi connectivity index (χ0v) is 23.8. The number of hydrogen-bond acceptors (Lipinski definition) is 8. The number of anilines is 1. The van der Waals surface area contributed by atoms with Gasteiger partial charge in [0.1, 0.15) is 17.4 Å². The fourth-order valence-corrected chi connectivity index (χ4v) is 5.63. The van der Waals surface area contributed by atoms with E-state index in [4.69, 9.17) is 14.2 Å². The third-order valence-corrected chi connectivity index (χ3v) is 7.50.